The maximum atomic E-state index is 10.9. The summed E-state index contributed by atoms with van der Waals surface area (Å²) in [7, 11) is 0. The molecule has 0 spiro atoms. The minimum Gasteiger partial charge on any atom is -0.439 e. The fourth-order valence-corrected chi connectivity index (χ4v) is 1.63. The lowest BCUT2D eigenvalue weighted by Gasteiger charge is -2.08. The molecule has 0 bridgehead atoms. The molecule has 2 N–H and O–H groups in total. The number of hydrogen-bond acceptors (Lipinski definition) is 3. The van der Waals surface area contributed by atoms with E-state index in [1.54, 1.807) is 12.1 Å². The molecule has 0 radical (unpaired) electrons. The zero-order valence-corrected chi connectivity index (χ0v) is 11.0. The van der Waals surface area contributed by atoms with Crippen molar-refractivity contribution in [2.75, 3.05) is 0 Å². The van der Waals surface area contributed by atoms with Gasteiger partial charge in [0.1, 0.15) is 5.75 Å². The zero-order chi connectivity index (χ0) is 13.8. The fourth-order valence-electron chi connectivity index (χ4n) is 1.63. The van der Waals surface area contributed by atoms with E-state index in [2.05, 4.69) is 18.8 Å². The summed E-state index contributed by atoms with van der Waals surface area (Å²) in [5.74, 6) is 1.13. The molecule has 2 aromatic rings. The van der Waals surface area contributed by atoms with Crippen molar-refractivity contribution in [2.45, 2.75) is 19.8 Å². The Hall–Kier alpha value is -2.36. The summed E-state index contributed by atoms with van der Waals surface area (Å²) in [6.45, 7) is 4.28. The van der Waals surface area contributed by atoms with Crippen molar-refractivity contribution >= 4 is 5.91 Å². The van der Waals surface area contributed by atoms with Crippen LogP contribution in [0.15, 0.2) is 42.6 Å². The Morgan fingerprint density at radius 3 is 2.32 bits per heavy atom. The molecule has 0 fully saturated rings. The third kappa shape index (κ3) is 3.31. The van der Waals surface area contributed by atoms with E-state index in [9.17, 15) is 4.79 Å². The Morgan fingerprint density at radius 2 is 1.84 bits per heavy atom. The Kier molecular flexibility index (Phi) is 3.80. The molecular formula is C15H16N2O2. The van der Waals surface area contributed by atoms with Crippen LogP contribution in [0, 0.1) is 0 Å². The van der Waals surface area contributed by atoms with Gasteiger partial charge >= 0.3 is 0 Å². The van der Waals surface area contributed by atoms with Crippen LogP contribution in [0.4, 0.5) is 0 Å². The highest BCUT2D eigenvalue weighted by atomic mass is 16.5. The first kappa shape index (κ1) is 13.1. The maximum absolute atomic E-state index is 10.9. The van der Waals surface area contributed by atoms with E-state index >= 15 is 0 Å². The SMILES string of the molecule is CC(C)c1ccc(Oc2ccc(C(N)=O)cn2)cc1. The van der Waals surface area contributed by atoms with Crippen LogP contribution in [0.5, 0.6) is 11.6 Å². The number of nitrogens with two attached hydrogens (primary N) is 1. The number of carbonyl (C=O) groups excluding carboxylic acids is 1. The molecule has 4 heteroatoms. The van der Waals surface area contributed by atoms with Crippen LogP contribution in [0.2, 0.25) is 0 Å². The number of amides is 1. The van der Waals surface area contributed by atoms with Gasteiger partial charge < -0.3 is 10.5 Å². The van der Waals surface area contributed by atoms with Gasteiger partial charge in [-0.05, 0) is 29.7 Å². The van der Waals surface area contributed by atoms with Crippen LogP contribution in [0.25, 0.3) is 0 Å². The Morgan fingerprint density at radius 1 is 1.16 bits per heavy atom. The predicted molar refractivity (Wildman–Crippen MR) is 73.4 cm³/mol. The van der Waals surface area contributed by atoms with Gasteiger partial charge in [-0.25, -0.2) is 4.98 Å². The van der Waals surface area contributed by atoms with E-state index in [0.29, 0.717) is 23.1 Å². The lowest BCUT2D eigenvalue weighted by molar-refractivity contribution is 0.1000. The van der Waals surface area contributed by atoms with E-state index in [1.165, 1.54) is 11.8 Å². The van der Waals surface area contributed by atoms with Gasteiger partial charge in [0.2, 0.25) is 11.8 Å². The van der Waals surface area contributed by atoms with Gasteiger partial charge in [-0.1, -0.05) is 26.0 Å². The van der Waals surface area contributed by atoms with Crippen LogP contribution in [-0.4, -0.2) is 10.9 Å². The van der Waals surface area contributed by atoms with Crippen LogP contribution in [-0.2, 0) is 0 Å². The number of aromatic nitrogens is 1. The van der Waals surface area contributed by atoms with Crippen molar-refractivity contribution in [2.24, 2.45) is 5.73 Å². The molecule has 1 aromatic carbocycles. The summed E-state index contributed by atoms with van der Waals surface area (Å²) in [6, 6.07) is 11.1. The first-order valence-electron chi connectivity index (χ1n) is 6.10. The number of ether oxygens (including phenoxy) is 1. The van der Waals surface area contributed by atoms with Crippen molar-refractivity contribution in [1.82, 2.24) is 4.98 Å². The summed E-state index contributed by atoms with van der Waals surface area (Å²) >= 11 is 0. The Labute approximate surface area is 112 Å². The number of nitrogens with zero attached hydrogens (tertiary/aromatic N) is 1. The summed E-state index contributed by atoms with van der Waals surface area (Å²) in [5.41, 5.74) is 6.76. The molecule has 1 amide bonds. The molecule has 1 aromatic heterocycles. The maximum Gasteiger partial charge on any atom is 0.250 e. The van der Waals surface area contributed by atoms with E-state index in [0.717, 1.165) is 0 Å². The second kappa shape index (κ2) is 5.52. The van der Waals surface area contributed by atoms with Gasteiger partial charge in [-0.2, -0.15) is 0 Å². The van der Waals surface area contributed by atoms with Crippen LogP contribution < -0.4 is 10.5 Å². The number of carbonyl (C=O) groups is 1. The quantitative estimate of drug-likeness (QED) is 0.914. The predicted octanol–water partition coefficient (Wildman–Crippen LogP) is 3.10. The minimum atomic E-state index is -0.500. The standard InChI is InChI=1S/C15H16N2O2/c1-10(2)11-3-6-13(7-4-11)19-14-8-5-12(9-17-14)15(16)18/h3-10H,1-2H3,(H2,16,18). The second-order valence-corrected chi connectivity index (χ2v) is 4.58. The monoisotopic (exact) mass is 256 g/mol. The Balaban J connectivity index is 2.10. The third-order valence-electron chi connectivity index (χ3n) is 2.79. The first-order valence-corrected chi connectivity index (χ1v) is 6.10. The third-order valence-corrected chi connectivity index (χ3v) is 2.79. The highest BCUT2D eigenvalue weighted by molar-refractivity contribution is 5.92. The summed E-state index contributed by atoms with van der Waals surface area (Å²) in [6.07, 6.45) is 1.40. The molecule has 19 heavy (non-hydrogen) atoms. The molecule has 2 rings (SSSR count). The molecule has 98 valence electrons. The zero-order valence-electron chi connectivity index (χ0n) is 11.0. The summed E-state index contributed by atoms with van der Waals surface area (Å²) in [4.78, 5) is 14.9. The number of rotatable bonds is 4. The molecule has 0 saturated carbocycles. The van der Waals surface area contributed by atoms with Crippen LogP contribution >= 0.6 is 0 Å². The molecule has 4 nitrogen and oxygen atoms in total. The molecule has 0 aliphatic heterocycles. The molecule has 0 saturated heterocycles. The fraction of sp³-hybridized carbons (Fsp3) is 0.200. The van der Waals surface area contributed by atoms with Crippen LogP contribution in [0.1, 0.15) is 35.7 Å². The highest BCUT2D eigenvalue weighted by Crippen LogP contribution is 2.22. The van der Waals surface area contributed by atoms with Crippen molar-refractivity contribution in [3.05, 3.63) is 53.7 Å². The van der Waals surface area contributed by atoms with E-state index < -0.39 is 5.91 Å². The molecule has 0 aliphatic carbocycles. The Bertz CT molecular complexity index is 560. The van der Waals surface area contributed by atoms with E-state index in [-0.39, 0.29) is 0 Å². The molecule has 0 aliphatic rings. The lowest BCUT2D eigenvalue weighted by Crippen LogP contribution is -2.10. The van der Waals surface area contributed by atoms with Gasteiger partial charge in [-0.3, -0.25) is 4.79 Å². The molecule has 0 unspecified atom stereocenters. The number of benzene rings is 1. The van der Waals surface area contributed by atoms with Gasteiger partial charge in [0.05, 0.1) is 5.56 Å². The molecule has 0 atom stereocenters. The van der Waals surface area contributed by atoms with E-state index in [1.807, 2.05) is 24.3 Å². The largest absolute Gasteiger partial charge is 0.439 e. The molecular weight excluding hydrogens is 240 g/mol. The smallest absolute Gasteiger partial charge is 0.250 e. The van der Waals surface area contributed by atoms with Gasteiger partial charge in [0.25, 0.3) is 0 Å². The summed E-state index contributed by atoms with van der Waals surface area (Å²) < 4.78 is 5.58. The lowest BCUT2D eigenvalue weighted by atomic mass is 10.0. The van der Waals surface area contributed by atoms with Crippen LogP contribution in [0.3, 0.4) is 0 Å². The average Bonchev–Trinajstić information content (AvgIpc) is 2.40. The van der Waals surface area contributed by atoms with Gasteiger partial charge in [0.15, 0.2) is 0 Å². The number of hydrogen-bond donors (Lipinski definition) is 1. The van der Waals surface area contributed by atoms with E-state index in [4.69, 9.17) is 10.5 Å². The molecule has 1 heterocycles. The van der Waals surface area contributed by atoms with Crippen molar-refractivity contribution in [1.29, 1.82) is 0 Å². The normalized spacial score (nSPS) is 10.5. The van der Waals surface area contributed by atoms with Crippen molar-refractivity contribution < 1.29 is 9.53 Å². The average molecular weight is 256 g/mol. The topological polar surface area (TPSA) is 65.2 Å². The first-order chi connectivity index (χ1) is 9.06. The minimum absolute atomic E-state index is 0.363. The number of pyridine rings is 1. The highest BCUT2D eigenvalue weighted by Gasteiger charge is 2.04. The van der Waals surface area contributed by atoms with Gasteiger partial charge in [-0.15, -0.1) is 0 Å². The summed E-state index contributed by atoms with van der Waals surface area (Å²) in [5, 5.41) is 0. The van der Waals surface area contributed by atoms with Crippen molar-refractivity contribution in [3.8, 4) is 11.6 Å². The van der Waals surface area contributed by atoms with Gasteiger partial charge in [0, 0.05) is 12.3 Å². The van der Waals surface area contributed by atoms with Crippen molar-refractivity contribution in [3.63, 3.8) is 0 Å². The second-order valence-electron chi connectivity index (χ2n) is 4.58. The number of primary amides is 1.